The van der Waals surface area contributed by atoms with Gasteiger partial charge in [0.25, 0.3) is 11.8 Å². The maximum atomic E-state index is 12.6. The lowest BCUT2D eigenvalue weighted by Crippen LogP contribution is -2.51. The van der Waals surface area contributed by atoms with Crippen LogP contribution in [0.25, 0.3) is 0 Å². The summed E-state index contributed by atoms with van der Waals surface area (Å²) in [7, 11) is 0. The number of hydrogen-bond donors (Lipinski definition) is 0. The smallest absolute Gasteiger partial charge is 0.262 e. The van der Waals surface area contributed by atoms with Crippen LogP contribution in [0.1, 0.15) is 53.8 Å². The SMILES string of the molecule is CC(C)(COCC(=O)N1CCCCC1)N1C(=O)c2ccccc2C1=O. The van der Waals surface area contributed by atoms with Gasteiger partial charge in [-0.2, -0.15) is 0 Å². The van der Waals surface area contributed by atoms with Gasteiger partial charge in [-0.25, -0.2) is 0 Å². The largest absolute Gasteiger partial charge is 0.369 e. The summed E-state index contributed by atoms with van der Waals surface area (Å²) in [6.07, 6.45) is 3.23. The van der Waals surface area contributed by atoms with Gasteiger partial charge in [0.2, 0.25) is 5.91 Å². The number of hydrogen-bond acceptors (Lipinski definition) is 4. The van der Waals surface area contributed by atoms with Crippen molar-refractivity contribution in [1.82, 2.24) is 9.80 Å². The highest BCUT2D eigenvalue weighted by Gasteiger charge is 2.44. The topological polar surface area (TPSA) is 66.9 Å². The van der Waals surface area contributed by atoms with Gasteiger partial charge in [-0.1, -0.05) is 12.1 Å². The molecule has 0 atom stereocenters. The Morgan fingerprint density at radius 1 is 1.04 bits per heavy atom. The number of amides is 3. The van der Waals surface area contributed by atoms with Crippen LogP contribution >= 0.6 is 0 Å². The van der Waals surface area contributed by atoms with Crippen molar-refractivity contribution in [2.24, 2.45) is 0 Å². The van der Waals surface area contributed by atoms with Crippen molar-refractivity contribution in [3.05, 3.63) is 35.4 Å². The van der Waals surface area contributed by atoms with E-state index in [-0.39, 0.29) is 30.9 Å². The molecule has 0 unspecified atom stereocenters. The molecule has 0 spiro atoms. The Bertz CT molecular complexity index is 657. The van der Waals surface area contributed by atoms with Crippen molar-refractivity contribution in [2.45, 2.75) is 38.6 Å². The molecule has 0 bridgehead atoms. The molecule has 2 aliphatic heterocycles. The minimum absolute atomic E-state index is 0.0212. The Morgan fingerprint density at radius 3 is 2.16 bits per heavy atom. The lowest BCUT2D eigenvalue weighted by atomic mass is 10.0. The second kappa shape index (κ2) is 6.96. The number of likely N-dealkylation sites (tertiary alicyclic amines) is 1. The van der Waals surface area contributed by atoms with Crippen LogP contribution < -0.4 is 0 Å². The van der Waals surface area contributed by atoms with E-state index in [0.29, 0.717) is 11.1 Å². The van der Waals surface area contributed by atoms with Crippen LogP contribution in [-0.2, 0) is 9.53 Å². The van der Waals surface area contributed by atoms with Crippen molar-refractivity contribution in [3.63, 3.8) is 0 Å². The Morgan fingerprint density at radius 2 is 1.60 bits per heavy atom. The number of ether oxygens (including phenoxy) is 1. The zero-order chi connectivity index (χ0) is 18.0. The van der Waals surface area contributed by atoms with E-state index >= 15 is 0 Å². The van der Waals surface area contributed by atoms with Gasteiger partial charge in [-0.05, 0) is 45.2 Å². The molecule has 2 heterocycles. The number of carbonyl (C=O) groups is 3. The molecule has 3 rings (SSSR count). The summed E-state index contributed by atoms with van der Waals surface area (Å²) in [6.45, 7) is 5.22. The summed E-state index contributed by atoms with van der Waals surface area (Å²) in [6, 6.07) is 6.81. The number of nitrogens with zero attached hydrogens (tertiary/aromatic N) is 2. The second-order valence-corrected chi connectivity index (χ2v) is 7.24. The van der Waals surface area contributed by atoms with Crippen molar-refractivity contribution in [2.75, 3.05) is 26.3 Å². The number of carbonyl (C=O) groups excluding carboxylic acids is 3. The van der Waals surface area contributed by atoms with E-state index < -0.39 is 5.54 Å². The highest BCUT2D eigenvalue weighted by Crippen LogP contribution is 2.29. The molecule has 2 aliphatic rings. The fourth-order valence-electron chi connectivity index (χ4n) is 3.43. The van der Waals surface area contributed by atoms with E-state index in [9.17, 15) is 14.4 Å². The number of imide groups is 1. The third-order valence-electron chi connectivity index (χ3n) is 4.79. The van der Waals surface area contributed by atoms with Crippen molar-refractivity contribution in [1.29, 1.82) is 0 Å². The van der Waals surface area contributed by atoms with Crippen LogP contribution in [0.15, 0.2) is 24.3 Å². The standard InChI is InChI=1S/C19H24N2O4/c1-19(2,13-25-12-16(22)20-10-6-3-7-11-20)21-17(23)14-8-4-5-9-15(14)18(21)24/h4-5,8-9H,3,6-7,10-13H2,1-2H3. The van der Waals surface area contributed by atoms with Crippen LogP contribution in [0, 0.1) is 0 Å². The summed E-state index contributed by atoms with van der Waals surface area (Å²) >= 11 is 0. The van der Waals surface area contributed by atoms with Crippen LogP contribution in [0.5, 0.6) is 0 Å². The summed E-state index contributed by atoms with van der Waals surface area (Å²) < 4.78 is 5.58. The molecule has 0 aliphatic carbocycles. The van der Waals surface area contributed by atoms with Gasteiger partial charge >= 0.3 is 0 Å². The average molecular weight is 344 g/mol. The minimum atomic E-state index is -0.824. The molecule has 1 aromatic rings. The van der Waals surface area contributed by atoms with Crippen molar-refractivity contribution in [3.8, 4) is 0 Å². The van der Waals surface area contributed by atoms with E-state index in [1.165, 1.54) is 4.90 Å². The van der Waals surface area contributed by atoms with Gasteiger partial charge in [0.1, 0.15) is 6.61 Å². The normalized spacial score (nSPS) is 17.8. The molecule has 0 saturated carbocycles. The zero-order valence-electron chi connectivity index (χ0n) is 14.8. The third-order valence-corrected chi connectivity index (χ3v) is 4.79. The van der Waals surface area contributed by atoms with Gasteiger partial charge < -0.3 is 9.64 Å². The predicted molar refractivity (Wildman–Crippen MR) is 92.3 cm³/mol. The Hall–Kier alpha value is -2.21. The number of fused-ring (bicyclic) bond motifs is 1. The van der Waals surface area contributed by atoms with Gasteiger partial charge in [0.15, 0.2) is 0 Å². The molecular weight excluding hydrogens is 320 g/mol. The van der Waals surface area contributed by atoms with Crippen LogP contribution in [0.2, 0.25) is 0 Å². The predicted octanol–water partition coefficient (Wildman–Crippen LogP) is 2.09. The molecule has 25 heavy (non-hydrogen) atoms. The van der Waals surface area contributed by atoms with Gasteiger partial charge in [0.05, 0.1) is 23.3 Å². The number of piperidine rings is 1. The molecule has 1 fully saturated rings. The van der Waals surface area contributed by atoms with E-state index in [4.69, 9.17) is 4.74 Å². The third kappa shape index (κ3) is 3.44. The highest BCUT2D eigenvalue weighted by atomic mass is 16.5. The van der Waals surface area contributed by atoms with Gasteiger partial charge in [-0.15, -0.1) is 0 Å². The Kier molecular flexibility index (Phi) is 4.90. The number of benzene rings is 1. The highest BCUT2D eigenvalue weighted by molar-refractivity contribution is 6.21. The summed E-state index contributed by atoms with van der Waals surface area (Å²) in [5, 5.41) is 0. The van der Waals surface area contributed by atoms with E-state index in [2.05, 4.69) is 0 Å². The monoisotopic (exact) mass is 344 g/mol. The molecule has 0 aromatic heterocycles. The van der Waals surface area contributed by atoms with Crippen molar-refractivity contribution >= 4 is 17.7 Å². The quantitative estimate of drug-likeness (QED) is 0.767. The zero-order valence-corrected chi connectivity index (χ0v) is 14.8. The summed E-state index contributed by atoms with van der Waals surface area (Å²) in [5.41, 5.74) is 0.0185. The molecular formula is C19H24N2O4. The lowest BCUT2D eigenvalue weighted by Gasteiger charge is -2.34. The molecule has 0 N–H and O–H groups in total. The first-order chi connectivity index (χ1) is 11.9. The molecule has 1 aromatic carbocycles. The van der Waals surface area contributed by atoms with E-state index in [1.54, 1.807) is 38.1 Å². The molecule has 3 amide bonds. The van der Waals surface area contributed by atoms with Crippen LogP contribution in [0.3, 0.4) is 0 Å². The van der Waals surface area contributed by atoms with Crippen molar-refractivity contribution < 1.29 is 19.1 Å². The average Bonchev–Trinajstić information content (AvgIpc) is 2.87. The lowest BCUT2D eigenvalue weighted by molar-refractivity contribution is -0.137. The first-order valence-corrected chi connectivity index (χ1v) is 8.75. The molecule has 0 radical (unpaired) electrons. The molecule has 6 heteroatoms. The Balaban J connectivity index is 1.60. The molecule has 6 nitrogen and oxygen atoms in total. The van der Waals surface area contributed by atoms with Gasteiger partial charge in [-0.3, -0.25) is 19.3 Å². The minimum Gasteiger partial charge on any atom is -0.369 e. The fraction of sp³-hybridized carbons (Fsp3) is 0.526. The van der Waals surface area contributed by atoms with Gasteiger partial charge in [0, 0.05) is 13.1 Å². The summed E-state index contributed by atoms with van der Waals surface area (Å²) in [4.78, 5) is 40.4. The fourth-order valence-corrected chi connectivity index (χ4v) is 3.43. The molecule has 134 valence electrons. The summed E-state index contributed by atoms with van der Waals surface area (Å²) in [5.74, 6) is -0.647. The second-order valence-electron chi connectivity index (χ2n) is 7.24. The van der Waals surface area contributed by atoms with E-state index in [0.717, 1.165) is 32.4 Å². The van der Waals surface area contributed by atoms with Crippen LogP contribution in [-0.4, -0.2) is 59.4 Å². The maximum absolute atomic E-state index is 12.6. The van der Waals surface area contributed by atoms with Crippen LogP contribution in [0.4, 0.5) is 0 Å². The molecule has 1 saturated heterocycles. The number of rotatable bonds is 5. The first kappa shape index (κ1) is 17.6. The van der Waals surface area contributed by atoms with E-state index in [1.807, 2.05) is 4.90 Å². The Labute approximate surface area is 147 Å². The first-order valence-electron chi connectivity index (χ1n) is 8.75. The maximum Gasteiger partial charge on any atom is 0.262 e.